The zero-order chi connectivity index (χ0) is 15.6. The van der Waals surface area contributed by atoms with Crippen molar-refractivity contribution in [1.29, 1.82) is 0 Å². The van der Waals surface area contributed by atoms with Crippen LogP contribution in [0, 0.1) is 0 Å². The van der Waals surface area contributed by atoms with E-state index >= 15 is 0 Å². The lowest BCUT2D eigenvalue weighted by Crippen LogP contribution is -2.16. The number of hydrogen-bond acceptors (Lipinski definition) is 1. The first-order valence-corrected chi connectivity index (χ1v) is 11.7. The molecule has 0 N–H and O–H groups in total. The highest BCUT2D eigenvalue weighted by Gasteiger charge is 2.46. The Bertz CT molecular complexity index is 628. The fourth-order valence-corrected chi connectivity index (χ4v) is 3.71. The van der Waals surface area contributed by atoms with Crippen LogP contribution in [0.1, 0.15) is 17.2 Å². The van der Waals surface area contributed by atoms with Crippen molar-refractivity contribution >= 4 is 8.07 Å². The largest absolute Gasteiger partial charge is 0.282 e. The van der Waals surface area contributed by atoms with Crippen LogP contribution in [-0.2, 0) is 6.54 Å². The van der Waals surface area contributed by atoms with Gasteiger partial charge >= 0.3 is 0 Å². The van der Waals surface area contributed by atoms with Gasteiger partial charge in [-0.3, -0.25) is 4.90 Å². The number of hydrogen-bond donors (Lipinski definition) is 0. The minimum Gasteiger partial charge on any atom is -0.282 e. The van der Waals surface area contributed by atoms with Gasteiger partial charge in [0.05, 0.1) is 14.1 Å². The third-order valence-corrected chi connectivity index (χ3v) is 5.31. The van der Waals surface area contributed by atoms with Crippen LogP contribution in [0.2, 0.25) is 19.6 Å². The second kappa shape index (κ2) is 6.23. The van der Waals surface area contributed by atoms with E-state index in [2.05, 4.69) is 97.0 Å². The highest BCUT2D eigenvalue weighted by molar-refractivity contribution is 6.80. The van der Waals surface area contributed by atoms with Crippen molar-refractivity contribution < 1.29 is 0 Å². The van der Waals surface area contributed by atoms with E-state index in [0.29, 0.717) is 12.1 Å². The summed E-state index contributed by atoms with van der Waals surface area (Å²) < 4.78 is 0. The molecule has 1 nitrogen and oxygen atoms in total. The minimum absolute atomic E-state index is 0.536. The van der Waals surface area contributed by atoms with Crippen LogP contribution < -0.4 is 0 Å². The maximum Gasteiger partial charge on any atom is 0.0683 e. The van der Waals surface area contributed by atoms with E-state index < -0.39 is 8.07 Å². The first kappa shape index (κ1) is 15.3. The number of benzene rings is 2. The molecule has 0 aliphatic carbocycles. The summed E-state index contributed by atoms with van der Waals surface area (Å²) in [5.74, 6) is 0. The molecule has 1 unspecified atom stereocenters. The second-order valence-electron chi connectivity index (χ2n) is 7.23. The summed E-state index contributed by atoms with van der Waals surface area (Å²) in [6.07, 6.45) is 2.45. The van der Waals surface area contributed by atoms with E-state index in [1.165, 1.54) is 11.1 Å². The SMILES string of the molecule is C[Si](C)(C)/C=C/[C@@H]1[C@H](c2ccccc2)N1Cc1ccccc1. The molecule has 3 rings (SSSR count). The maximum absolute atomic E-state index is 2.58. The van der Waals surface area contributed by atoms with E-state index in [1.54, 1.807) is 0 Å². The standard InChI is InChI=1S/C20H25NSi/c1-22(2,3)15-14-19-20(18-12-8-5-9-13-18)21(19)16-17-10-6-4-7-11-17/h4-15,19-20H,16H2,1-3H3/b15-14+/t19-,20+,21?/m1/s1. The van der Waals surface area contributed by atoms with E-state index in [-0.39, 0.29) is 0 Å². The van der Waals surface area contributed by atoms with Crippen LogP contribution in [0.4, 0.5) is 0 Å². The molecule has 0 saturated carbocycles. The van der Waals surface area contributed by atoms with E-state index in [4.69, 9.17) is 0 Å². The molecule has 2 aromatic rings. The Kier molecular flexibility index (Phi) is 4.32. The molecule has 2 heteroatoms. The average molecular weight is 308 g/mol. The van der Waals surface area contributed by atoms with Crippen molar-refractivity contribution in [2.45, 2.75) is 38.3 Å². The zero-order valence-electron chi connectivity index (χ0n) is 13.7. The van der Waals surface area contributed by atoms with Crippen molar-refractivity contribution in [3.8, 4) is 0 Å². The van der Waals surface area contributed by atoms with Crippen molar-refractivity contribution in [3.63, 3.8) is 0 Å². The van der Waals surface area contributed by atoms with E-state index in [0.717, 1.165) is 6.54 Å². The summed E-state index contributed by atoms with van der Waals surface area (Å²) >= 11 is 0. The lowest BCUT2D eigenvalue weighted by molar-refractivity contribution is 0.493. The molecule has 0 amide bonds. The third-order valence-electron chi connectivity index (χ3n) is 4.12. The van der Waals surface area contributed by atoms with E-state index in [9.17, 15) is 0 Å². The van der Waals surface area contributed by atoms with Gasteiger partial charge in [-0.2, -0.15) is 0 Å². The lowest BCUT2D eigenvalue weighted by Gasteiger charge is -2.08. The van der Waals surface area contributed by atoms with Gasteiger partial charge in [0.2, 0.25) is 0 Å². The highest BCUT2D eigenvalue weighted by atomic mass is 28.3. The molecule has 0 bridgehead atoms. The predicted octanol–water partition coefficient (Wildman–Crippen LogP) is 5.05. The monoisotopic (exact) mass is 307 g/mol. The lowest BCUT2D eigenvalue weighted by atomic mass is 10.1. The third kappa shape index (κ3) is 3.76. The first-order chi connectivity index (χ1) is 10.5. The summed E-state index contributed by atoms with van der Waals surface area (Å²) in [6.45, 7) is 8.21. The Morgan fingerprint density at radius 1 is 0.909 bits per heavy atom. The Morgan fingerprint density at radius 3 is 2.09 bits per heavy atom. The quantitative estimate of drug-likeness (QED) is 0.552. The van der Waals surface area contributed by atoms with Crippen LogP contribution in [-0.4, -0.2) is 19.0 Å². The second-order valence-corrected chi connectivity index (χ2v) is 12.3. The molecule has 1 fully saturated rings. The summed E-state index contributed by atoms with van der Waals surface area (Å²) in [7, 11) is -1.14. The molecular formula is C20H25NSi. The van der Waals surface area contributed by atoms with Crippen LogP contribution in [0.15, 0.2) is 72.4 Å². The topological polar surface area (TPSA) is 3.01 Å². The molecule has 114 valence electrons. The Balaban J connectivity index is 1.78. The normalized spacial score (nSPS) is 24.6. The minimum atomic E-state index is -1.14. The van der Waals surface area contributed by atoms with E-state index in [1.807, 2.05) is 0 Å². The zero-order valence-corrected chi connectivity index (χ0v) is 14.7. The fourth-order valence-electron chi connectivity index (χ4n) is 2.94. The first-order valence-electron chi connectivity index (χ1n) is 8.08. The van der Waals surface area contributed by atoms with Crippen molar-refractivity contribution in [1.82, 2.24) is 4.90 Å². The van der Waals surface area contributed by atoms with Gasteiger partial charge in [0.25, 0.3) is 0 Å². The highest BCUT2D eigenvalue weighted by Crippen LogP contribution is 2.45. The van der Waals surface area contributed by atoms with Gasteiger partial charge in [-0.1, -0.05) is 92.1 Å². The molecule has 1 aliphatic heterocycles. The van der Waals surface area contributed by atoms with Gasteiger partial charge < -0.3 is 0 Å². The molecule has 1 saturated heterocycles. The summed E-state index contributed by atoms with van der Waals surface area (Å²) in [5.41, 5.74) is 5.31. The van der Waals surface area contributed by atoms with Gasteiger partial charge in [-0.25, -0.2) is 0 Å². The smallest absolute Gasteiger partial charge is 0.0683 e. The van der Waals surface area contributed by atoms with Gasteiger partial charge in [-0.05, 0) is 11.1 Å². The Morgan fingerprint density at radius 2 is 1.50 bits per heavy atom. The van der Waals surface area contributed by atoms with Crippen LogP contribution in [0.5, 0.6) is 0 Å². The molecule has 2 aromatic carbocycles. The maximum atomic E-state index is 2.58. The molecule has 0 spiro atoms. The van der Waals surface area contributed by atoms with Gasteiger partial charge in [-0.15, -0.1) is 0 Å². The molecule has 0 aromatic heterocycles. The summed E-state index contributed by atoms with van der Waals surface area (Å²) in [4.78, 5) is 2.58. The van der Waals surface area contributed by atoms with Gasteiger partial charge in [0.1, 0.15) is 0 Å². The predicted molar refractivity (Wildman–Crippen MR) is 97.4 cm³/mol. The molecule has 3 atom stereocenters. The van der Waals surface area contributed by atoms with Gasteiger partial charge in [0.15, 0.2) is 0 Å². The van der Waals surface area contributed by atoms with Crippen LogP contribution in [0.3, 0.4) is 0 Å². The van der Waals surface area contributed by atoms with Crippen LogP contribution in [0.25, 0.3) is 0 Å². The van der Waals surface area contributed by atoms with Crippen molar-refractivity contribution in [3.05, 3.63) is 83.6 Å². The Labute approximate surface area is 135 Å². The average Bonchev–Trinajstić information content (AvgIpc) is 3.19. The molecule has 1 heterocycles. The number of nitrogens with zero attached hydrogens (tertiary/aromatic N) is 1. The number of rotatable bonds is 5. The molecule has 22 heavy (non-hydrogen) atoms. The summed E-state index contributed by atoms with van der Waals surface area (Å²) in [6, 6.07) is 22.8. The fraction of sp³-hybridized carbons (Fsp3) is 0.300. The molecule has 1 aliphatic rings. The van der Waals surface area contributed by atoms with Crippen LogP contribution >= 0.6 is 0 Å². The van der Waals surface area contributed by atoms with Crippen molar-refractivity contribution in [2.75, 3.05) is 0 Å². The van der Waals surface area contributed by atoms with Gasteiger partial charge in [0, 0.05) is 12.6 Å². The molecule has 0 radical (unpaired) electrons. The van der Waals surface area contributed by atoms with Crippen molar-refractivity contribution in [2.24, 2.45) is 0 Å². The molecular weight excluding hydrogens is 282 g/mol. The summed E-state index contributed by atoms with van der Waals surface area (Å²) in [5, 5.41) is 0. The Hall–Kier alpha value is -1.64.